The van der Waals surface area contributed by atoms with Crippen LogP contribution in [0.2, 0.25) is 0 Å². The van der Waals surface area contributed by atoms with Gasteiger partial charge in [0, 0.05) is 17.8 Å². The molecule has 92 valence electrons. The molecule has 0 aliphatic rings. The van der Waals surface area contributed by atoms with Gasteiger partial charge in [0.2, 0.25) is 0 Å². The Kier molecular flexibility index (Phi) is 2.93. The molecule has 0 radical (unpaired) electrons. The van der Waals surface area contributed by atoms with Gasteiger partial charge < -0.3 is 5.73 Å². The van der Waals surface area contributed by atoms with Gasteiger partial charge in [0.15, 0.2) is 0 Å². The lowest BCUT2D eigenvalue weighted by atomic mass is 10.0. The van der Waals surface area contributed by atoms with Crippen LogP contribution < -0.4 is 5.73 Å². The van der Waals surface area contributed by atoms with Gasteiger partial charge in [-0.3, -0.25) is 10.1 Å². The fourth-order valence-corrected chi connectivity index (χ4v) is 1.71. The standard InChI is InChI=1S/C12H10FN3O2/c1-7-10(16(17)18)3-2-9(12(7)13)8-4-5-15-11(14)6-8/h2-6H,1H3,(H2,14,15). The highest BCUT2D eigenvalue weighted by atomic mass is 19.1. The molecule has 1 aromatic heterocycles. The van der Waals surface area contributed by atoms with Gasteiger partial charge in [0.25, 0.3) is 5.69 Å². The molecule has 18 heavy (non-hydrogen) atoms. The van der Waals surface area contributed by atoms with Crippen molar-refractivity contribution >= 4 is 11.5 Å². The molecule has 0 spiro atoms. The zero-order chi connectivity index (χ0) is 13.3. The maximum Gasteiger partial charge on any atom is 0.275 e. The van der Waals surface area contributed by atoms with Crippen LogP contribution in [0, 0.1) is 22.9 Å². The number of rotatable bonds is 2. The average Bonchev–Trinajstić information content (AvgIpc) is 2.32. The quantitative estimate of drug-likeness (QED) is 0.653. The molecule has 5 nitrogen and oxygen atoms in total. The van der Waals surface area contributed by atoms with Crippen LogP contribution in [-0.2, 0) is 0 Å². The second-order valence-electron chi connectivity index (χ2n) is 3.80. The number of benzene rings is 1. The third-order valence-electron chi connectivity index (χ3n) is 2.65. The molecule has 0 saturated carbocycles. The van der Waals surface area contributed by atoms with Gasteiger partial charge in [-0.1, -0.05) is 0 Å². The number of anilines is 1. The van der Waals surface area contributed by atoms with Crippen molar-refractivity contribution in [1.82, 2.24) is 4.98 Å². The monoisotopic (exact) mass is 247 g/mol. The van der Waals surface area contributed by atoms with E-state index in [2.05, 4.69) is 4.98 Å². The summed E-state index contributed by atoms with van der Waals surface area (Å²) < 4.78 is 14.1. The Morgan fingerprint density at radius 1 is 1.39 bits per heavy atom. The van der Waals surface area contributed by atoms with E-state index in [0.717, 1.165) is 0 Å². The third kappa shape index (κ3) is 2.00. The van der Waals surface area contributed by atoms with Crippen molar-refractivity contribution in [2.45, 2.75) is 6.92 Å². The van der Waals surface area contributed by atoms with Gasteiger partial charge >= 0.3 is 0 Å². The van der Waals surface area contributed by atoms with Crippen molar-refractivity contribution in [3.8, 4) is 11.1 Å². The van der Waals surface area contributed by atoms with E-state index in [1.807, 2.05) is 0 Å². The molecule has 1 aromatic carbocycles. The topological polar surface area (TPSA) is 82.0 Å². The first-order valence-corrected chi connectivity index (χ1v) is 5.16. The second kappa shape index (κ2) is 4.40. The average molecular weight is 247 g/mol. The predicted octanol–water partition coefficient (Wildman–Crippen LogP) is 2.69. The van der Waals surface area contributed by atoms with Crippen LogP contribution >= 0.6 is 0 Å². The van der Waals surface area contributed by atoms with Gasteiger partial charge in [0.1, 0.15) is 11.6 Å². The number of nitrogens with zero attached hydrogens (tertiary/aromatic N) is 2. The summed E-state index contributed by atoms with van der Waals surface area (Å²) >= 11 is 0. The molecule has 0 atom stereocenters. The smallest absolute Gasteiger partial charge is 0.275 e. The van der Waals surface area contributed by atoms with Crippen molar-refractivity contribution in [1.29, 1.82) is 0 Å². The highest BCUT2D eigenvalue weighted by molar-refractivity contribution is 5.69. The van der Waals surface area contributed by atoms with E-state index >= 15 is 0 Å². The number of nitrogens with two attached hydrogens (primary N) is 1. The van der Waals surface area contributed by atoms with Gasteiger partial charge in [0.05, 0.1) is 10.5 Å². The van der Waals surface area contributed by atoms with Crippen LogP contribution in [0.3, 0.4) is 0 Å². The number of nitro groups is 1. The number of halogens is 1. The van der Waals surface area contributed by atoms with E-state index in [4.69, 9.17) is 5.73 Å². The molecule has 0 unspecified atom stereocenters. The summed E-state index contributed by atoms with van der Waals surface area (Å²) in [5.41, 5.74) is 6.10. The minimum absolute atomic E-state index is 0.00730. The Morgan fingerprint density at radius 2 is 2.11 bits per heavy atom. The highest BCUT2D eigenvalue weighted by Gasteiger charge is 2.18. The first-order valence-electron chi connectivity index (χ1n) is 5.16. The first-order chi connectivity index (χ1) is 8.50. The van der Waals surface area contributed by atoms with Crippen LogP contribution in [0.1, 0.15) is 5.56 Å². The number of hydrogen-bond donors (Lipinski definition) is 1. The lowest BCUT2D eigenvalue weighted by Gasteiger charge is -2.06. The number of aromatic nitrogens is 1. The van der Waals surface area contributed by atoms with Gasteiger partial charge in [-0.05, 0) is 30.7 Å². The van der Waals surface area contributed by atoms with Crippen molar-refractivity contribution in [2.75, 3.05) is 5.73 Å². The highest BCUT2D eigenvalue weighted by Crippen LogP contribution is 2.30. The molecule has 1 heterocycles. The maximum atomic E-state index is 14.1. The SMILES string of the molecule is Cc1c([N+](=O)[O-])ccc(-c2ccnc(N)c2)c1F. The Balaban J connectivity index is 2.61. The number of pyridine rings is 1. The minimum Gasteiger partial charge on any atom is -0.384 e. The zero-order valence-corrected chi connectivity index (χ0v) is 9.55. The molecule has 0 fully saturated rings. The number of nitrogen functional groups attached to an aromatic ring is 1. The fourth-order valence-electron chi connectivity index (χ4n) is 1.71. The largest absolute Gasteiger partial charge is 0.384 e. The second-order valence-corrected chi connectivity index (χ2v) is 3.80. The van der Waals surface area contributed by atoms with Crippen LogP contribution in [0.4, 0.5) is 15.9 Å². The van der Waals surface area contributed by atoms with E-state index < -0.39 is 10.7 Å². The van der Waals surface area contributed by atoms with E-state index in [1.165, 1.54) is 31.3 Å². The number of nitro benzene ring substituents is 1. The van der Waals surface area contributed by atoms with Crippen LogP contribution in [0.15, 0.2) is 30.5 Å². The van der Waals surface area contributed by atoms with Crippen molar-refractivity contribution in [3.63, 3.8) is 0 Å². The van der Waals surface area contributed by atoms with E-state index in [1.54, 1.807) is 6.07 Å². The van der Waals surface area contributed by atoms with Crippen molar-refractivity contribution in [2.24, 2.45) is 0 Å². The van der Waals surface area contributed by atoms with Crippen molar-refractivity contribution < 1.29 is 9.31 Å². The minimum atomic E-state index is -0.616. The Morgan fingerprint density at radius 3 is 2.72 bits per heavy atom. The molecule has 2 N–H and O–H groups in total. The Labute approximate surface area is 102 Å². The molecular weight excluding hydrogens is 237 g/mol. The molecule has 0 saturated heterocycles. The summed E-state index contributed by atoms with van der Waals surface area (Å²) in [5, 5.41) is 10.7. The summed E-state index contributed by atoms with van der Waals surface area (Å²) in [6.45, 7) is 1.38. The summed E-state index contributed by atoms with van der Waals surface area (Å²) in [4.78, 5) is 13.9. The molecule has 6 heteroatoms. The van der Waals surface area contributed by atoms with Crippen LogP contribution in [0.25, 0.3) is 11.1 Å². The molecule has 2 aromatic rings. The molecule has 0 aliphatic heterocycles. The maximum absolute atomic E-state index is 14.1. The summed E-state index contributed by atoms with van der Waals surface area (Å²) in [6.07, 6.45) is 1.46. The zero-order valence-electron chi connectivity index (χ0n) is 9.55. The Bertz CT molecular complexity index is 629. The normalized spacial score (nSPS) is 10.3. The summed E-state index contributed by atoms with van der Waals surface area (Å²) in [6, 6.07) is 5.77. The van der Waals surface area contributed by atoms with Gasteiger partial charge in [-0.2, -0.15) is 0 Å². The first kappa shape index (κ1) is 12.0. The van der Waals surface area contributed by atoms with Crippen LogP contribution in [-0.4, -0.2) is 9.91 Å². The third-order valence-corrected chi connectivity index (χ3v) is 2.65. The van der Waals surface area contributed by atoms with Crippen LogP contribution in [0.5, 0.6) is 0 Å². The van der Waals surface area contributed by atoms with Gasteiger partial charge in [-0.15, -0.1) is 0 Å². The lowest BCUT2D eigenvalue weighted by molar-refractivity contribution is -0.385. The van der Waals surface area contributed by atoms with E-state index in [9.17, 15) is 14.5 Å². The molecule has 0 bridgehead atoms. The summed E-state index contributed by atoms with van der Waals surface area (Å²) in [5.74, 6) is -0.349. The van der Waals surface area contributed by atoms with Crippen molar-refractivity contribution in [3.05, 3.63) is 52.0 Å². The molecule has 2 rings (SSSR count). The molecular formula is C12H10FN3O2. The predicted molar refractivity (Wildman–Crippen MR) is 65.4 cm³/mol. The Hall–Kier alpha value is -2.50. The fraction of sp³-hybridized carbons (Fsp3) is 0.0833. The number of hydrogen-bond acceptors (Lipinski definition) is 4. The molecule has 0 amide bonds. The van der Waals surface area contributed by atoms with Gasteiger partial charge in [-0.25, -0.2) is 9.37 Å². The van der Waals surface area contributed by atoms with E-state index in [0.29, 0.717) is 5.56 Å². The van der Waals surface area contributed by atoms with E-state index in [-0.39, 0.29) is 22.6 Å². The summed E-state index contributed by atoms with van der Waals surface area (Å²) in [7, 11) is 0. The molecule has 0 aliphatic carbocycles. The lowest BCUT2D eigenvalue weighted by Crippen LogP contribution is -1.97.